The highest BCUT2D eigenvalue weighted by Gasteiger charge is 2.47. The molecule has 0 spiro atoms. The topological polar surface area (TPSA) is 136 Å². The van der Waals surface area contributed by atoms with Gasteiger partial charge in [0.15, 0.2) is 5.72 Å². The van der Waals surface area contributed by atoms with Gasteiger partial charge in [-0.3, -0.25) is 4.98 Å². The number of fused-ring (bicyclic) bond motifs is 1. The largest absolute Gasteiger partial charge is 0.396 e. The Hall–Kier alpha value is -3.18. The van der Waals surface area contributed by atoms with Crippen LogP contribution in [0.15, 0.2) is 48.8 Å². The first-order valence-corrected chi connectivity index (χ1v) is 13.9. The van der Waals surface area contributed by atoms with Crippen molar-refractivity contribution in [2.75, 3.05) is 23.8 Å². The summed E-state index contributed by atoms with van der Waals surface area (Å²) in [6, 6.07) is 12.5. The molecule has 0 radical (unpaired) electrons. The van der Waals surface area contributed by atoms with Crippen LogP contribution in [-0.2, 0) is 0 Å². The van der Waals surface area contributed by atoms with Crippen LogP contribution in [0.5, 0.6) is 0 Å². The lowest BCUT2D eigenvalue weighted by atomic mass is 9.71. The van der Waals surface area contributed by atoms with Crippen LogP contribution in [0.3, 0.4) is 0 Å². The average molecular weight is 533 g/mol. The Bertz CT molecular complexity index is 1390. The zero-order valence-electron chi connectivity index (χ0n) is 21.2. The van der Waals surface area contributed by atoms with Crippen molar-refractivity contribution in [1.29, 1.82) is 0 Å². The highest BCUT2D eigenvalue weighted by atomic mass is 32.1. The highest BCUT2D eigenvalue weighted by Crippen LogP contribution is 2.42. The van der Waals surface area contributed by atoms with Crippen LogP contribution in [-0.4, -0.2) is 60.2 Å². The Morgan fingerprint density at radius 1 is 1.11 bits per heavy atom. The predicted octanol–water partition coefficient (Wildman–Crippen LogP) is 3.93. The van der Waals surface area contributed by atoms with Gasteiger partial charge in [-0.15, -0.1) is 11.3 Å². The summed E-state index contributed by atoms with van der Waals surface area (Å²) in [5.74, 6) is 1.60. The van der Waals surface area contributed by atoms with Gasteiger partial charge in [0.05, 0.1) is 22.2 Å². The fourth-order valence-electron chi connectivity index (χ4n) is 5.65. The standard InChI is InChI=1S/C28H32N6O3S/c1-16-23(26-32-21-14-29-10-8-22(21)38-26)25(34-28(37)9-7-19(15-35)24(28)36)33-27(31-16)30-13-17-11-20(12-17)18-5-3-2-4-6-18/h2-6,8,10,14,17,19-20,24,35-37H,7,9,11-13,15H2,1H3,(H2,30,31,33,34)/t17?,19-,20?,24-,28+/m1/s1. The Morgan fingerprint density at radius 3 is 2.66 bits per heavy atom. The summed E-state index contributed by atoms with van der Waals surface area (Å²) in [6.45, 7) is 2.47. The Balaban J connectivity index is 1.26. The van der Waals surface area contributed by atoms with E-state index in [-0.39, 0.29) is 13.0 Å². The maximum atomic E-state index is 11.3. The molecule has 38 heavy (non-hydrogen) atoms. The Morgan fingerprint density at radius 2 is 1.92 bits per heavy atom. The van der Waals surface area contributed by atoms with Crippen molar-refractivity contribution in [3.8, 4) is 10.6 Å². The van der Waals surface area contributed by atoms with E-state index in [1.165, 1.54) is 16.9 Å². The number of anilines is 2. The molecule has 3 atom stereocenters. The van der Waals surface area contributed by atoms with Crippen molar-refractivity contribution in [2.45, 2.75) is 50.4 Å². The van der Waals surface area contributed by atoms with Crippen LogP contribution < -0.4 is 10.6 Å². The van der Waals surface area contributed by atoms with E-state index in [0.717, 1.165) is 29.6 Å². The van der Waals surface area contributed by atoms with Gasteiger partial charge in [0, 0.05) is 25.3 Å². The molecule has 9 nitrogen and oxygen atoms in total. The minimum absolute atomic E-state index is 0.191. The van der Waals surface area contributed by atoms with Crippen LogP contribution in [0.25, 0.3) is 20.8 Å². The van der Waals surface area contributed by atoms with E-state index < -0.39 is 17.7 Å². The third kappa shape index (κ3) is 4.73. The van der Waals surface area contributed by atoms with Crippen LogP contribution in [0.2, 0.25) is 0 Å². The lowest BCUT2D eigenvalue weighted by molar-refractivity contribution is -0.0545. The minimum Gasteiger partial charge on any atom is -0.396 e. The zero-order valence-corrected chi connectivity index (χ0v) is 22.0. The molecule has 198 valence electrons. The van der Waals surface area contributed by atoms with E-state index in [1.807, 2.05) is 19.1 Å². The molecule has 10 heteroatoms. The minimum atomic E-state index is -1.62. The first kappa shape index (κ1) is 25.1. The van der Waals surface area contributed by atoms with Gasteiger partial charge in [-0.25, -0.2) is 9.97 Å². The van der Waals surface area contributed by atoms with Gasteiger partial charge in [-0.2, -0.15) is 4.98 Å². The molecule has 2 aliphatic carbocycles. The van der Waals surface area contributed by atoms with Crippen LogP contribution in [0, 0.1) is 18.8 Å². The molecule has 0 aliphatic heterocycles. The molecule has 1 aromatic carbocycles. The number of aryl methyl sites for hydroxylation is 1. The first-order valence-electron chi connectivity index (χ1n) is 13.1. The molecule has 4 aromatic rings. The third-order valence-corrected chi connectivity index (χ3v) is 9.00. The Kier molecular flexibility index (Phi) is 6.73. The molecule has 0 unspecified atom stereocenters. The molecule has 0 saturated heterocycles. The van der Waals surface area contributed by atoms with E-state index in [0.29, 0.717) is 46.3 Å². The van der Waals surface area contributed by atoms with E-state index in [2.05, 4.69) is 39.9 Å². The number of pyridine rings is 1. The second-order valence-electron chi connectivity index (χ2n) is 10.5. The van der Waals surface area contributed by atoms with Gasteiger partial charge < -0.3 is 26.0 Å². The maximum Gasteiger partial charge on any atom is 0.224 e. The Labute approximate surface area is 225 Å². The smallest absolute Gasteiger partial charge is 0.224 e. The summed E-state index contributed by atoms with van der Waals surface area (Å²) in [7, 11) is 0. The number of hydrogen-bond donors (Lipinski definition) is 5. The quantitative estimate of drug-likeness (QED) is 0.214. The molecular formula is C28H32N6O3S. The molecule has 6 rings (SSSR count). The summed E-state index contributed by atoms with van der Waals surface area (Å²) in [5.41, 5.74) is 1.94. The zero-order chi connectivity index (χ0) is 26.3. The van der Waals surface area contributed by atoms with Gasteiger partial charge in [0.25, 0.3) is 0 Å². The highest BCUT2D eigenvalue weighted by molar-refractivity contribution is 7.21. The lowest BCUT2D eigenvalue weighted by Gasteiger charge is -2.36. The second-order valence-corrected chi connectivity index (χ2v) is 11.6. The average Bonchev–Trinajstić information content (AvgIpc) is 3.44. The molecule has 3 heterocycles. The number of rotatable bonds is 8. The summed E-state index contributed by atoms with van der Waals surface area (Å²) in [4.78, 5) is 18.4. The maximum absolute atomic E-state index is 11.3. The number of aliphatic hydroxyl groups is 3. The summed E-state index contributed by atoms with van der Waals surface area (Å²) in [5, 5.41) is 39.0. The number of aromatic nitrogens is 4. The van der Waals surface area contributed by atoms with E-state index >= 15 is 0 Å². The molecule has 2 saturated carbocycles. The summed E-state index contributed by atoms with van der Waals surface area (Å²) in [6.07, 6.45) is 5.35. The normalized spacial score (nSPS) is 26.8. The SMILES string of the molecule is Cc1nc(NCC2CC(c3ccccc3)C2)nc(N[C@]2(O)CC[C@H](CO)[C@H]2O)c1-c1nc2cnccc2s1. The molecular weight excluding hydrogens is 500 g/mol. The van der Waals surface area contributed by atoms with E-state index in [1.54, 1.807) is 12.4 Å². The molecule has 5 N–H and O–H groups in total. The molecule has 2 aliphatic rings. The third-order valence-electron chi connectivity index (χ3n) is 7.95. The number of nitrogens with one attached hydrogen (secondary N) is 2. The fraction of sp³-hybridized carbons (Fsp3) is 0.429. The van der Waals surface area contributed by atoms with Gasteiger partial charge in [0.1, 0.15) is 22.4 Å². The fourth-order valence-corrected chi connectivity index (χ4v) is 6.69. The van der Waals surface area contributed by atoms with Crippen LogP contribution in [0.1, 0.15) is 42.9 Å². The summed E-state index contributed by atoms with van der Waals surface area (Å²) < 4.78 is 0.987. The second kappa shape index (κ2) is 10.2. The molecule has 0 amide bonds. The number of nitrogens with zero attached hydrogens (tertiary/aromatic N) is 4. The lowest BCUT2D eigenvalue weighted by Crippen LogP contribution is -2.48. The van der Waals surface area contributed by atoms with Crippen molar-refractivity contribution >= 4 is 33.3 Å². The molecule has 3 aromatic heterocycles. The first-order chi connectivity index (χ1) is 18.4. The van der Waals surface area contributed by atoms with Crippen molar-refractivity contribution in [3.63, 3.8) is 0 Å². The predicted molar refractivity (Wildman–Crippen MR) is 148 cm³/mol. The van der Waals surface area contributed by atoms with Crippen molar-refractivity contribution in [3.05, 3.63) is 60.0 Å². The van der Waals surface area contributed by atoms with Gasteiger partial charge in [-0.1, -0.05) is 30.3 Å². The van der Waals surface area contributed by atoms with Crippen molar-refractivity contribution < 1.29 is 15.3 Å². The van der Waals surface area contributed by atoms with E-state index in [4.69, 9.17) is 15.0 Å². The number of aliphatic hydroxyl groups excluding tert-OH is 2. The monoisotopic (exact) mass is 532 g/mol. The number of hydrogen-bond acceptors (Lipinski definition) is 10. The number of benzene rings is 1. The van der Waals surface area contributed by atoms with Crippen LogP contribution in [0.4, 0.5) is 11.8 Å². The molecule has 2 fully saturated rings. The van der Waals surface area contributed by atoms with E-state index in [9.17, 15) is 15.3 Å². The van der Waals surface area contributed by atoms with Gasteiger partial charge >= 0.3 is 0 Å². The number of thiazole rings is 1. The van der Waals surface area contributed by atoms with Gasteiger partial charge in [-0.05, 0) is 56.1 Å². The molecule has 0 bridgehead atoms. The van der Waals surface area contributed by atoms with Crippen LogP contribution >= 0.6 is 11.3 Å². The summed E-state index contributed by atoms with van der Waals surface area (Å²) >= 11 is 1.50. The van der Waals surface area contributed by atoms with Gasteiger partial charge in [0.2, 0.25) is 5.95 Å². The van der Waals surface area contributed by atoms with Crippen molar-refractivity contribution in [2.24, 2.45) is 11.8 Å². The van der Waals surface area contributed by atoms with Crippen molar-refractivity contribution in [1.82, 2.24) is 19.9 Å².